The Bertz CT molecular complexity index is 1240. The van der Waals surface area contributed by atoms with Crippen molar-refractivity contribution in [3.63, 3.8) is 0 Å². The third-order valence-electron chi connectivity index (χ3n) is 4.71. The highest BCUT2D eigenvalue weighted by molar-refractivity contribution is 7.90. The van der Waals surface area contributed by atoms with Gasteiger partial charge < -0.3 is 10.2 Å². The van der Waals surface area contributed by atoms with Gasteiger partial charge in [0.05, 0.1) is 0 Å². The van der Waals surface area contributed by atoms with Crippen molar-refractivity contribution in [3.05, 3.63) is 94.5 Å². The predicted octanol–water partition coefficient (Wildman–Crippen LogP) is 4.17. The highest BCUT2D eigenvalue weighted by Crippen LogP contribution is 2.26. The number of anilines is 1. The van der Waals surface area contributed by atoms with Crippen molar-refractivity contribution in [1.82, 2.24) is 4.90 Å². The van der Waals surface area contributed by atoms with Gasteiger partial charge in [0.1, 0.15) is 4.90 Å². The Balaban J connectivity index is 1.47. The summed E-state index contributed by atoms with van der Waals surface area (Å²) in [5.41, 5.74) is 2.67. The zero-order valence-electron chi connectivity index (χ0n) is 16.0. The lowest BCUT2D eigenvalue weighted by atomic mass is 10.1. The van der Waals surface area contributed by atoms with E-state index in [0.717, 1.165) is 5.56 Å². The fraction of sp³-hybridized carbons (Fsp3) is 0.0909. The van der Waals surface area contributed by atoms with Crippen LogP contribution in [0.2, 0.25) is 5.02 Å². The molecule has 0 saturated heterocycles. The number of carbonyl (C=O) groups is 1. The van der Waals surface area contributed by atoms with Crippen LogP contribution in [-0.4, -0.2) is 32.1 Å². The monoisotopic (exact) mass is 439 g/mol. The van der Waals surface area contributed by atoms with Gasteiger partial charge in [0, 0.05) is 35.4 Å². The van der Waals surface area contributed by atoms with E-state index in [1.165, 1.54) is 6.07 Å². The third-order valence-corrected chi connectivity index (χ3v) is 6.29. The Hall–Kier alpha value is -3.16. The van der Waals surface area contributed by atoms with E-state index in [1.54, 1.807) is 66.5 Å². The van der Waals surface area contributed by atoms with Crippen LogP contribution in [-0.2, 0) is 16.6 Å². The second kappa shape index (κ2) is 7.93. The molecule has 6 nitrogen and oxygen atoms in total. The minimum Gasteiger partial charge on any atom is -0.339 e. The van der Waals surface area contributed by atoms with Gasteiger partial charge in [-0.05, 0) is 54.1 Å². The van der Waals surface area contributed by atoms with Crippen molar-refractivity contribution in [2.75, 3.05) is 12.4 Å². The number of nitrogens with zero attached hydrogens (tertiary/aromatic N) is 2. The molecule has 1 N–H and O–H groups in total. The minimum atomic E-state index is -3.68. The normalized spacial score (nSPS) is 14.0. The summed E-state index contributed by atoms with van der Waals surface area (Å²) in [6.45, 7) is 0.460. The summed E-state index contributed by atoms with van der Waals surface area (Å²) in [7, 11) is -1.95. The van der Waals surface area contributed by atoms with E-state index in [0.29, 0.717) is 28.4 Å². The van der Waals surface area contributed by atoms with E-state index in [1.807, 2.05) is 12.1 Å². The number of amidine groups is 1. The summed E-state index contributed by atoms with van der Waals surface area (Å²) in [5.74, 6) is 0.146. The first-order valence-electron chi connectivity index (χ1n) is 9.15. The van der Waals surface area contributed by atoms with Crippen molar-refractivity contribution < 1.29 is 13.2 Å². The molecule has 0 fully saturated rings. The molecule has 8 heteroatoms. The lowest BCUT2D eigenvalue weighted by Crippen LogP contribution is -2.26. The van der Waals surface area contributed by atoms with Gasteiger partial charge in [0.25, 0.3) is 15.9 Å². The van der Waals surface area contributed by atoms with Crippen LogP contribution < -0.4 is 5.32 Å². The Labute approximate surface area is 179 Å². The van der Waals surface area contributed by atoms with Gasteiger partial charge in [0.2, 0.25) is 0 Å². The molecule has 0 radical (unpaired) electrons. The zero-order chi connectivity index (χ0) is 21.3. The van der Waals surface area contributed by atoms with Crippen LogP contribution in [0.15, 0.2) is 82.1 Å². The fourth-order valence-corrected chi connectivity index (χ4v) is 4.49. The maximum atomic E-state index is 12.7. The van der Waals surface area contributed by atoms with Crippen LogP contribution in [0, 0.1) is 0 Å². The third kappa shape index (κ3) is 4.08. The van der Waals surface area contributed by atoms with Crippen molar-refractivity contribution in [3.8, 4) is 0 Å². The lowest BCUT2D eigenvalue weighted by molar-refractivity contribution is 0.0785. The van der Waals surface area contributed by atoms with E-state index < -0.39 is 10.0 Å². The van der Waals surface area contributed by atoms with Gasteiger partial charge in [-0.2, -0.15) is 8.42 Å². The highest BCUT2D eigenvalue weighted by atomic mass is 35.5. The van der Waals surface area contributed by atoms with Crippen molar-refractivity contribution in [2.45, 2.75) is 11.4 Å². The number of rotatable bonds is 4. The van der Waals surface area contributed by atoms with E-state index in [9.17, 15) is 13.2 Å². The Morgan fingerprint density at radius 3 is 2.37 bits per heavy atom. The molecule has 1 amide bonds. The largest absolute Gasteiger partial charge is 0.339 e. The molecule has 0 spiro atoms. The molecule has 0 aliphatic carbocycles. The van der Waals surface area contributed by atoms with Crippen LogP contribution >= 0.6 is 11.6 Å². The van der Waals surface area contributed by atoms with Crippen LogP contribution in [0.25, 0.3) is 0 Å². The Kier molecular flexibility index (Phi) is 5.32. The fourth-order valence-electron chi connectivity index (χ4n) is 3.18. The smallest absolute Gasteiger partial charge is 0.285 e. The van der Waals surface area contributed by atoms with Gasteiger partial charge in [0.15, 0.2) is 5.84 Å². The summed E-state index contributed by atoms with van der Waals surface area (Å²) in [4.78, 5) is 14.5. The molecule has 1 aliphatic rings. The molecular formula is C22H18ClN3O3S. The van der Waals surface area contributed by atoms with Crippen LogP contribution in [0.5, 0.6) is 0 Å². The number of carbonyl (C=O) groups excluding carboxylic acids is 1. The maximum absolute atomic E-state index is 12.7. The molecule has 30 heavy (non-hydrogen) atoms. The van der Waals surface area contributed by atoms with Gasteiger partial charge in [-0.3, -0.25) is 4.79 Å². The maximum Gasteiger partial charge on any atom is 0.285 e. The minimum absolute atomic E-state index is 0.123. The quantitative estimate of drug-likeness (QED) is 0.661. The molecular weight excluding hydrogens is 422 g/mol. The first-order chi connectivity index (χ1) is 14.3. The van der Waals surface area contributed by atoms with Crippen LogP contribution in [0.4, 0.5) is 5.69 Å². The SMILES string of the molecule is CN(Cc1ccc(Cl)cc1)C(=O)c1ccc(NC2=NS(=O)(=O)c3ccccc32)cc1. The number of amides is 1. The number of nitrogens with one attached hydrogen (secondary N) is 1. The summed E-state index contributed by atoms with van der Waals surface area (Å²) in [6.07, 6.45) is 0. The summed E-state index contributed by atoms with van der Waals surface area (Å²) in [6, 6.07) is 20.8. The second-order valence-corrected chi connectivity index (χ2v) is 8.91. The number of benzene rings is 3. The zero-order valence-corrected chi connectivity index (χ0v) is 17.6. The molecule has 0 saturated carbocycles. The molecule has 4 rings (SSSR count). The van der Waals surface area contributed by atoms with Gasteiger partial charge in [-0.1, -0.05) is 35.9 Å². The van der Waals surface area contributed by atoms with E-state index >= 15 is 0 Å². The summed E-state index contributed by atoms with van der Waals surface area (Å²) in [5, 5.41) is 3.68. The van der Waals surface area contributed by atoms with Gasteiger partial charge in [-0.25, -0.2) is 0 Å². The van der Waals surface area contributed by atoms with E-state index in [-0.39, 0.29) is 16.6 Å². The van der Waals surface area contributed by atoms with Crippen LogP contribution in [0.1, 0.15) is 21.5 Å². The standard InChI is InChI=1S/C22H18ClN3O3S/c1-26(14-15-6-10-17(23)11-7-15)22(27)16-8-12-18(13-9-16)24-21-19-4-2-3-5-20(19)30(28,29)25-21/h2-13H,14H2,1H3,(H,24,25). The number of sulfonamides is 1. The Morgan fingerprint density at radius 2 is 1.67 bits per heavy atom. The number of hydrogen-bond acceptors (Lipinski definition) is 4. The Morgan fingerprint density at radius 1 is 1.00 bits per heavy atom. The molecule has 3 aromatic carbocycles. The lowest BCUT2D eigenvalue weighted by Gasteiger charge is -2.17. The molecule has 0 atom stereocenters. The number of hydrogen-bond donors (Lipinski definition) is 1. The van der Waals surface area contributed by atoms with E-state index in [4.69, 9.17) is 11.6 Å². The average Bonchev–Trinajstić information content (AvgIpc) is 3.00. The van der Waals surface area contributed by atoms with Crippen molar-refractivity contribution >= 4 is 39.1 Å². The first-order valence-corrected chi connectivity index (χ1v) is 11.0. The van der Waals surface area contributed by atoms with Crippen LogP contribution in [0.3, 0.4) is 0 Å². The second-order valence-electron chi connectivity index (χ2n) is 6.90. The van der Waals surface area contributed by atoms with Crippen molar-refractivity contribution in [2.24, 2.45) is 4.40 Å². The summed E-state index contributed by atoms with van der Waals surface area (Å²) < 4.78 is 28.1. The van der Waals surface area contributed by atoms with Gasteiger partial charge in [-0.15, -0.1) is 4.40 Å². The number of halogens is 1. The molecule has 1 heterocycles. The number of fused-ring (bicyclic) bond motifs is 1. The molecule has 0 bridgehead atoms. The van der Waals surface area contributed by atoms with Gasteiger partial charge >= 0.3 is 0 Å². The molecule has 0 unspecified atom stereocenters. The average molecular weight is 440 g/mol. The molecule has 3 aromatic rings. The van der Waals surface area contributed by atoms with Crippen molar-refractivity contribution in [1.29, 1.82) is 0 Å². The molecule has 1 aliphatic heterocycles. The first kappa shape index (κ1) is 20.1. The topological polar surface area (TPSA) is 78.8 Å². The summed E-state index contributed by atoms with van der Waals surface area (Å²) >= 11 is 5.90. The molecule has 0 aromatic heterocycles. The molecule has 152 valence electrons. The van der Waals surface area contributed by atoms with E-state index in [2.05, 4.69) is 9.71 Å². The predicted molar refractivity (Wildman–Crippen MR) is 117 cm³/mol. The highest BCUT2D eigenvalue weighted by Gasteiger charge is 2.28.